The van der Waals surface area contributed by atoms with Crippen LogP contribution in [0, 0.1) is 0 Å². The molecule has 0 bridgehead atoms. The number of hydrogen-bond acceptors (Lipinski definition) is 2. The van der Waals surface area contributed by atoms with E-state index in [0.717, 1.165) is 0 Å². The van der Waals surface area contributed by atoms with E-state index in [1.165, 1.54) is 12.3 Å². The Morgan fingerprint density at radius 2 is 2.42 bits per heavy atom. The summed E-state index contributed by atoms with van der Waals surface area (Å²) in [7, 11) is 0. The van der Waals surface area contributed by atoms with Gasteiger partial charge in [-0.15, -0.1) is 0 Å². The van der Waals surface area contributed by atoms with Crippen LogP contribution in [-0.4, -0.2) is 16.4 Å². The van der Waals surface area contributed by atoms with E-state index in [2.05, 4.69) is 5.10 Å². The molecule has 1 aromatic rings. The lowest BCUT2D eigenvalue weighted by Crippen LogP contribution is -2.00. The van der Waals surface area contributed by atoms with Gasteiger partial charge >= 0.3 is 6.55 Å². The molecule has 0 radical (unpaired) electrons. The van der Waals surface area contributed by atoms with E-state index in [1.807, 2.05) is 6.92 Å². The summed E-state index contributed by atoms with van der Waals surface area (Å²) < 4.78 is 29.5. The van der Waals surface area contributed by atoms with E-state index in [-0.39, 0.29) is 6.61 Å². The lowest BCUT2D eigenvalue weighted by atomic mass is 10.5. The maximum atomic E-state index is 12.0. The zero-order chi connectivity index (χ0) is 8.97. The second kappa shape index (κ2) is 4.15. The average Bonchev–Trinajstić information content (AvgIpc) is 2.48. The Kier molecular flexibility index (Phi) is 3.16. The van der Waals surface area contributed by atoms with E-state index < -0.39 is 6.55 Å². The summed E-state index contributed by atoms with van der Waals surface area (Å²) in [5.74, 6) is 0. The van der Waals surface area contributed by atoms with Gasteiger partial charge in [0.15, 0.2) is 0 Å². The number of alkyl halides is 2. The zero-order valence-corrected chi connectivity index (χ0v) is 6.70. The molecule has 5 heteroatoms. The molecular formula is C7H10F2N2O. The standard InChI is InChI=1S/C7H10F2N2O/c1-2-12-5-6-3-4-11(10-6)7(8)9/h3-4,7H,2,5H2,1H3. The summed E-state index contributed by atoms with van der Waals surface area (Å²) in [5.41, 5.74) is 0.525. The summed E-state index contributed by atoms with van der Waals surface area (Å²) in [6.45, 7) is 0.113. The van der Waals surface area contributed by atoms with Crippen molar-refractivity contribution in [2.45, 2.75) is 20.1 Å². The Labute approximate surface area is 68.9 Å². The zero-order valence-electron chi connectivity index (χ0n) is 6.70. The SMILES string of the molecule is CCOCc1ccn(C(F)F)n1. The molecule has 0 aromatic carbocycles. The van der Waals surface area contributed by atoms with Gasteiger partial charge in [0, 0.05) is 12.8 Å². The molecule has 0 saturated heterocycles. The first-order valence-corrected chi connectivity index (χ1v) is 3.64. The molecule has 0 saturated carbocycles. The fourth-order valence-electron chi connectivity index (χ4n) is 0.770. The Balaban J connectivity index is 2.52. The molecule has 1 heterocycles. The van der Waals surface area contributed by atoms with E-state index in [4.69, 9.17) is 4.74 Å². The first kappa shape index (κ1) is 9.12. The molecule has 0 atom stereocenters. The van der Waals surface area contributed by atoms with Gasteiger partial charge in [0.2, 0.25) is 0 Å². The molecule has 1 aromatic heterocycles. The van der Waals surface area contributed by atoms with Crippen molar-refractivity contribution in [2.75, 3.05) is 6.61 Å². The highest BCUT2D eigenvalue weighted by molar-refractivity contribution is 4.96. The van der Waals surface area contributed by atoms with E-state index in [0.29, 0.717) is 17.0 Å². The van der Waals surface area contributed by atoms with Gasteiger partial charge in [0.25, 0.3) is 0 Å². The topological polar surface area (TPSA) is 27.1 Å². The van der Waals surface area contributed by atoms with Crippen LogP contribution < -0.4 is 0 Å². The van der Waals surface area contributed by atoms with E-state index in [1.54, 1.807) is 0 Å². The van der Waals surface area contributed by atoms with Crippen LogP contribution in [0.1, 0.15) is 19.2 Å². The van der Waals surface area contributed by atoms with Crippen molar-refractivity contribution in [2.24, 2.45) is 0 Å². The molecule has 68 valence electrons. The minimum atomic E-state index is -2.57. The fourth-order valence-corrected chi connectivity index (χ4v) is 0.770. The van der Waals surface area contributed by atoms with Gasteiger partial charge in [-0.25, -0.2) is 4.68 Å². The molecule has 0 fully saturated rings. The third-order valence-electron chi connectivity index (χ3n) is 1.32. The van der Waals surface area contributed by atoms with Crippen LogP contribution in [0.25, 0.3) is 0 Å². The highest BCUT2D eigenvalue weighted by Crippen LogP contribution is 2.08. The van der Waals surface area contributed by atoms with Gasteiger partial charge in [-0.05, 0) is 13.0 Å². The predicted molar refractivity (Wildman–Crippen MR) is 38.8 cm³/mol. The molecule has 0 amide bonds. The van der Waals surface area contributed by atoms with Crippen molar-refractivity contribution in [3.63, 3.8) is 0 Å². The van der Waals surface area contributed by atoms with Crippen molar-refractivity contribution in [3.8, 4) is 0 Å². The molecular weight excluding hydrogens is 166 g/mol. The molecule has 0 aliphatic carbocycles. The molecule has 1 rings (SSSR count). The second-order valence-corrected chi connectivity index (χ2v) is 2.20. The third kappa shape index (κ3) is 2.27. The minimum Gasteiger partial charge on any atom is -0.375 e. The van der Waals surface area contributed by atoms with Gasteiger partial charge in [-0.3, -0.25) is 0 Å². The lowest BCUT2D eigenvalue weighted by molar-refractivity contribution is 0.0545. The van der Waals surface area contributed by atoms with Gasteiger partial charge in [0.05, 0.1) is 12.3 Å². The monoisotopic (exact) mass is 176 g/mol. The Hall–Kier alpha value is -0.970. The highest BCUT2D eigenvalue weighted by Gasteiger charge is 2.06. The van der Waals surface area contributed by atoms with Crippen LogP contribution in [0.3, 0.4) is 0 Å². The normalized spacial score (nSPS) is 11.0. The smallest absolute Gasteiger partial charge is 0.333 e. The van der Waals surface area contributed by atoms with Crippen LogP contribution in [-0.2, 0) is 11.3 Å². The summed E-state index contributed by atoms with van der Waals surface area (Å²) in [5, 5.41) is 3.59. The summed E-state index contributed by atoms with van der Waals surface area (Å²) >= 11 is 0. The first-order chi connectivity index (χ1) is 5.74. The van der Waals surface area contributed by atoms with Crippen LogP contribution in [0.15, 0.2) is 12.3 Å². The van der Waals surface area contributed by atoms with Crippen LogP contribution in [0.4, 0.5) is 8.78 Å². The van der Waals surface area contributed by atoms with Crippen molar-refractivity contribution in [1.82, 2.24) is 9.78 Å². The minimum absolute atomic E-state index is 0.288. The van der Waals surface area contributed by atoms with E-state index in [9.17, 15) is 8.78 Å². The molecule has 3 nitrogen and oxygen atoms in total. The predicted octanol–water partition coefficient (Wildman–Crippen LogP) is 1.81. The molecule has 12 heavy (non-hydrogen) atoms. The second-order valence-electron chi connectivity index (χ2n) is 2.20. The molecule has 0 aliphatic rings. The van der Waals surface area contributed by atoms with Crippen molar-refractivity contribution >= 4 is 0 Å². The summed E-state index contributed by atoms with van der Waals surface area (Å²) in [6, 6.07) is 1.52. The third-order valence-corrected chi connectivity index (χ3v) is 1.32. The van der Waals surface area contributed by atoms with Gasteiger partial charge < -0.3 is 4.74 Å². The van der Waals surface area contributed by atoms with Crippen LogP contribution in [0.5, 0.6) is 0 Å². The summed E-state index contributed by atoms with van der Waals surface area (Å²) in [6.07, 6.45) is 1.24. The molecule has 0 unspecified atom stereocenters. The number of halogens is 2. The number of hydrogen-bond donors (Lipinski definition) is 0. The van der Waals surface area contributed by atoms with E-state index >= 15 is 0 Å². The number of ether oxygens (including phenoxy) is 1. The van der Waals surface area contributed by atoms with Crippen molar-refractivity contribution in [1.29, 1.82) is 0 Å². The van der Waals surface area contributed by atoms with Gasteiger partial charge in [0.1, 0.15) is 0 Å². The van der Waals surface area contributed by atoms with Crippen molar-refractivity contribution in [3.05, 3.63) is 18.0 Å². The number of rotatable bonds is 4. The molecule has 0 aliphatic heterocycles. The quantitative estimate of drug-likeness (QED) is 0.699. The first-order valence-electron chi connectivity index (χ1n) is 3.64. The maximum absolute atomic E-state index is 12.0. The Morgan fingerprint density at radius 3 is 2.92 bits per heavy atom. The number of nitrogens with zero attached hydrogens (tertiary/aromatic N) is 2. The lowest BCUT2D eigenvalue weighted by Gasteiger charge is -1.97. The fraction of sp³-hybridized carbons (Fsp3) is 0.571. The Bertz CT molecular complexity index is 237. The largest absolute Gasteiger partial charge is 0.375 e. The number of aromatic nitrogens is 2. The van der Waals surface area contributed by atoms with Gasteiger partial charge in [-0.1, -0.05) is 0 Å². The Morgan fingerprint density at radius 1 is 1.67 bits per heavy atom. The average molecular weight is 176 g/mol. The summed E-state index contributed by atoms with van der Waals surface area (Å²) in [4.78, 5) is 0. The molecule has 0 N–H and O–H groups in total. The maximum Gasteiger partial charge on any atom is 0.333 e. The van der Waals surface area contributed by atoms with Crippen molar-refractivity contribution < 1.29 is 13.5 Å². The van der Waals surface area contributed by atoms with Crippen LogP contribution >= 0.6 is 0 Å². The highest BCUT2D eigenvalue weighted by atomic mass is 19.3. The van der Waals surface area contributed by atoms with Gasteiger partial charge in [-0.2, -0.15) is 13.9 Å². The molecule has 0 spiro atoms. The van der Waals surface area contributed by atoms with Crippen LogP contribution in [0.2, 0.25) is 0 Å².